The van der Waals surface area contributed by atoms with Gasteiger partial charge in [0.2, 0.25) is 23.6 Å². The zero-order valence-electron chi connectivity index (χ0n) is 36.2. The van der Waals surface area contributed by atoms with Crippen molar-refractivity contribution in [3.63, 3.8) is 0 Å². The standard InChI is InChI=1S/C45H67N7O5S2/c1-32(15-12-13-24-43(2,3)42(47)56)23-27-49-40-34-17-9-8-16-33(34)31-52(36-19-11-10-18-35(36)41(40)51-48)39(55)22-21-38(54)50-44(4,5)25-28-57-45(6,7)26-30-59-58-29-14-20-37(46)53/h8-11,15-19H,12-14,20-31,48H2,1-7H3,(H2,46,53)(H2,47,56)(H,50,54)/b32-15+,49-40?,51-41-. The first kappa shape index (κ1) is 49.2. The molecule has 2 aromatic rings. The minimum Gasteiger partial charge on any atom is -0.375 e. The fourth-order valence-electron chi connectivity index (χ4n) is 6.51. The van der Waals surface area contributed by atoms with Crippen LogP contribution in [0.4, 0.5) is 5.69 Å². The molecule has 0 saturated heterocycles. The van der Waals surface area contributed by atoms with E-state index in [9.17, 15) is 19.2 Å². The number of nitrogens with zero attached hydrogens (tertiary/aromatic N) is 3. The van der Waals surface area contributed by atoms with Crippen LogP contribution in [-0.4, -0.2) is 70.8 Å². The number of rotatable bonds is 24. The Hall–Kier alpha value is -4.14. The first-order valence-corrected chi connectivity index (χ1v) is 23.1. The van der Waals surface area contributed by atoms with Crippen molar-refractivity contribution in [1.82, 2.24) is 5.32 Å². The number of benzene rings is 2. The smallest absolute Gasteiger partial charge is 0.227 e. The summed E-state index contributed by atoms with van der Waals surface area (Å²) in [4.78, 5) is 56.7. The Kier molecular flexibility index (Phi) is 19.7. The third-order valence-electron chi connectivity index (χ3n) is 10.4. The average Bonchev–Trinajstić information content (AvgIpc) is 3.16. The molecule has 2 aromatic carbocycles. The molecule has 0 atom stereocenters. The molecule has 0 unspecified atom stereocenters. The van der Waals surface area contributed by atoms with E-state index in [0.717, 1.165) is 61.2 Å². The van der Waals surface area contributed by atoms with Gasteiger partial charge in [0.05, 0.1) is 23.5 Å². The molecular formula is C45H67N7O5S2. The van der Waals surface area contributed by atoms with Crippen LogP contribution < -0.4 is 27.5 Å². The highest BCUT2D eigenvalue weighted by atomic mass is 33.1. The summed E-state index contributed by atoms with van der Waals surface area (Å²) in [6.45, 7) is 15.2. The quantitative estimate of drug-likeness (QED) is 0.0272. The SMILES string of the molecule is C/C(=C\CCCC(C)(C)C(N)=O)CCN=C1/C(=N\N)c2ccccc2N(C(=O)CCC(=O)NC(C)(C)CCOC(C)(C)CCSSCCCC(N)=O)Cc2ccccc21. The fourth-order valence-corrected chi connectivity index (χ4v) is 8.89. The average molecular weight is 850 g/mol. The van der Waals surface area contributed by atoms with Crippen LogP contribution in [0.25, 0.3) is 0 Å². The van der Waals surface area contributed by atoms with Gasteiger partial charge in [0, 0.05) is 66.0 Å². The summed E-state index contributed by atoms with van der Waals surface area (Å²) in [5.74, 6) is 6.99. The minimum absolute atomic E-state index is 0.0157. The van der Waals surface area contributed by atoms with Crippen LogP contribution in [0.15, 0.2) is 70.3 Å². The van der Waals surface area contributed by atoms with Crippen LogP contribution in [0.5, 0.6) is 0 Å². The predicted molar refractivity (Wildman–Crippen MR) is 245 cm³/mol. The van der Waals surface area contributed by atoms with Gasteiger partial charge in [0.15, 0.2) is 0 Å². The molecule has 1 aliphatic heterocycles. The van der Waals surface area contributed by atoms with E-state index in [1.807, 2.05) is 76.2 Å². The van der Waals surface area contributed by atoms with Crippen molar-refractivity contribution >= 4 is 62.3 Å². The molecule has 0 saturated carbocycles. The molecule has 0 aromatic heterocycles. The maximum absolute atomic E-state index is 14.1. The Morgan fingerprint density at radius 2 is 1.51 bits per heavy atom. The van der Waals surface area contributed by atoms with E-state index < -0.39 is 11.0 Å². The second-order valence-corrected chi connectivity index (χ2v) is 19.8. The van der Waals surface area contributed by atoms with Crippen LogP contribution in [0, 0.1) is 5.41 Å². The van der Waals surface area contributed by atoms with Crippen LogP contribution in [0.1, 0.15) is 129 Å². The van der Waals surface area contributed by atoms with Crippen molar-refractivity contribution in [2.45, 2.75) is 130 Å². The number of aliphatic imine (C=N–C) groups is 1. The molecule has 7 N–H and O–H groups in total. The third kappa shape index (κ3) is 16.8. The lowest BCUT2D eigenvalue weighted by molar-refractivity contribution is -0.126. The maximum Gasteiger partial charge on any atom is 0.227 e. The lowest BCUT2D eigenvalue weighted by Gasteiger charge is -2.31. The summed E-state index contributed by atoms with van der Waals surface area (Å²) in [5.41, 5.74) is 14.8. The topological polar surface area (TPSA) is 196 Å². The number of anilines is 1. The van der Waals surface area contributed by atoms with Gasteiger partial charge in [-0.15, -0.1) is 0 Å². The van der Waals surface area contributed by atoms with E-state index in [4.69, 9.17) is 27.0 Å². The minimum atomic E-state index is -0.535. The number of hydrazone groups is 1. The van der Waals surface area contributed by atoms with E-state index in [0.29, 0.717) is 48.7 Å². The number of para-hydroxylation sites is 1. The molecule has 0 fully saturated rings. The molecule has 1 aliphatic rings. The van der Waals surface area contributed by atoms with Crippen molar-refractivity contribution in [2.24, 2.45) is 32.8 Å². The molecular weight excluding hydrogens is 783 g/mol. The van der Waals surface area contributed by atoms with E-state index in [2.05, 4.69) is 37.3 Å². The number of allylic oxidation sites excluding steroid dienone is 1. The lowest BCUT2D eigenvalue weighted by Crippen LogP contribution is -2.45. The zero-order valence-corrected chi connectivity index (χ0v) is 37.9. The molecule has 12 nitrogen and oxygen atoms in total. The van der Waals surface area contributed by atoms with Crippen LogP contribution in [0.3, 0.4) is 0 Å². The first-order chi connectivity index (χ1) is 27.9. The number of unbranched alkanes of at least 4 members (excludes halogenated alkanes) is 1. The number of nitrogens with one attached hydrogen (secondary N) is 1. The molecule has 324 valence electrons. The second-order valence-electron chi connectivity index (χ2n) is 17.1. The molecule has 1 heterocycles. The van der Waals surface area contributed by atoms with Crippen molar-refractivity contribution in [1.29, 1.82) is 0 Å². The number of carbonyl (C=O) groups excluding carboxylic acids is 4. The number of hydrogen-bond donors (Lipinski definition) is 4. The van der Waals surface area contributed by atoms with E-state index in [1.165, 1.54) is 5.57 Å². The van der Waals surface area contributed by atoms with Gasteiger partial charge >= 0.3 is 0 Å². The normalized spacial score (nSPS) is 15.0. The summed E-state index contributed by atoms with van der Waals surface area (Å²) in [7, 11) is 3.51. The fraction of sp³-hybridized carbons (Fsp3) is 0.556. The number of carbonyl (C=O) groups is 4. The molecule has 59 heavy (non-hydrogen) atoms. The number of ether oxygens (including phenoxy) is 1. The Bertz CT molecular complexity index is 1840. The first-order valence-electron chi connectivity index (χ1n) is 20.6. The van der Waals surface area contributed by atoms with Gasteiger partial charge in [-0.05, 0) is 91.2 Å². The molecule has 0 spiro atoms. The summed E-state index contributed by atoms with van der Waals surface area (Å²) in [6.07, 6.45) is 8.10. The lowest BCUT2D eigenvalue weighted by atomic mass is 9.86. The van der Waals surface area contributed by atoms with Gasteiger partial charge in [-0.3, -0.25) is 24.2 Å². The van der Waals surface area contributed by atoms with Gasteiger partial charge in [-0.2, -0.15) is 5.10 Å². The number of hydrogen-bond acceptors (Lipinski definition) is 10. The molecule has 3 rings (SSSR count). The van der Waals surface area contributed by atoms with Crippen LogP contribution in [-0.2, 0) is 30.5 Å². The van der Waals surface area contributed by atoms with E-state index in [1.54, 1.807) is 26.5 Å². The van der Waals surface area contributed by atoms with Gasteiger partial charge in [-0.1, -0.05) is 89.5 Å². The molecule has 0 radical (unpaired) electrons. The Morgan fingerprint density at radius 3 is 2.20 bits per heavy atom. The van der Waals surface area contributed by atoms with Gasteiger partial charge in [0.25, 0.3) is 0 Å². The highest BCUT2D eigenvalue weighted by Crippen LogP contribution is 2.31. The summed E-state index contributed by atoms with van der Waals surface area (Å²) in [6, 6.07) is 15.4. The van der Waals surface area contributed by atoms with Crippen LogP contribution in [0.2, 0.25) is 0 Å². The molecule has 14 heteroatoms. The predicted octanol–water partition coefficient (Wildman–Crippen LogP) is 7.60. The van der Waals surface area contributed by atoms with Crippen LogP contribution >= 0.6 is 21.6 Å². The molecule has 0 aliphatic carbocycles. The van der Waals surface area contributed by atoms with Gasteiger partial charge in [-0.25, -0.2) is 0 Å². The van der Waals surface area contributed by atoms with Crippen molar-refractivity contribution in [3.05, 3.63) is 76.9 Å². The Labute approximate surface area is 359 Å². The zero-order chi connectivity index (χ0) is 43.6. The molecule has 4 amide bonds. The maximum atomic E-state index is 14.1. The summed E-state index contributed by atoms with van der Waals surface area (Å²) in [5, 5.41) is 7.36. The monoisotopic (exact) mass is 849 g/mol. The largest absolute Gasteiger partial charge is 0.375 e. The third-order valence-corrected chi connectivity index (χ3v) is 12.9. The summed E-state index contributed by atoms with van der Waals surface area (Å²) >= 11 is 0. The van der Waals surface area contributed by atoms with Gasteiger partial charge in [0.1, 0.15) is 5.71 Å². The van der Waals surface area contributed by atoms with Gasteiger partial charge < -0.3 is 32.3 Å². The number of fused-ring (bicyclic) bond motifs is 2. The number of primary amides is 2. The van der Waals surface area contributed by atoms with E-state index in [-0.39, 0.29) is 48.6 Å². The van der Waals surface area contributed by atoms with Crippen molar-refractivity contribution < 1.29 is 23.9 Å². The highest BCUT2D eigenvalue weighted by Gasteiger charge is 2.30. The Morgan fingerprint density at radius 1 is 0.831 bits per heavy atom. The van der Waals surface area contributed by atoms with E-state index >= 15 is 0 Å². The summed E-state index contributed by atoms with van der Waals surface area (Å²) < 4.78 is 6.22. The molecule has 0 bridgehead atoms. The van der Waals surface area contributed by atoms with Crippen molar-refractivity contribution in [2.75, 3.05) is 29.6 Å². The number of amides is 4. The highest BCUT2D eigenvalue weighted by molar-refractivity contribution is 8.76. The number of nitrogens with two attached hydrogens (primary N) is 3. The second kappa shape index (κ2) is 23.6. The van der Waals surface area contributed by atoms with Crippen molar-refractivity contribution in [3.8, 4) is 0 Å². The Balaban J connectivity index is 1.62.